The molecule has 2 amide bonds. The van der Waals surface area contributed by atoms with Crippen molar-refractivity contribution < 1.29 is 14.3 Å². The molecule has 3 heterocycles. The third-order valence-corrected chi connectivity index (χ3v) is 5.56. The van der Waals surface area contributed by atoms with Crippen molar-refractivity contribution >= 4 is 23.2 Å². The van der Waals surface area contributed by atoms with Crippen molar-refractivity contribution in [2.75, 3.05) is 39.4 Å². The first kappa shape index (κ1) is 16.4. The fourth-order valence-corrected chi connectivity index (χ4v) is 3.89. The molecule has 0 aliphatic carbocycles. The number of piperidine rings is 1. The van der Waals surface area contributed by atoms with Crippen molar-refractivity contribution in [2.24, 2.45) is 5.92 Å². The topological polar surface area (TPSA) is 62.7 Å². The molecule has 3 rings (SSSR count). The van der Waals surface area contributed by atoms with Gasteiger partial charge >= 0.3 is 0 Å². The van der Waals surface area contributed by atoms with Gasteiger partial charge in [0.1, 0.15) is 6.61 Å². The van der Waals surface area contributed by atoms with Crippen molar-refractivity contribution in [3.8, 4) is 0 Å². The summed E-state index contributed by atoms with van der Waals surface area (Å²) >= 11 is 1.66. The summed E-state index contributed by atoms with van der Waals surface area (Å²) in [5, 5.41) is 3.11. The van der Waals surface area contributed by atoms with Gasteiger partial charge in [-0.2, -0.15) is 0 Å². The Morgan fingerprint density at radius 1 is 1.30 bits per heavy atom. The molecule has 0 atom stereocenters. The van der Waals surface area contributed by atoms with E-state index in [0.717, 1.165) is 30.9 Å². The van der Waals surface area contributed by atoms with Gasteiger partial charge in [0.05, 0.1) is 5.01 Å². The van der Waals surface area contributed by atoms with Crippen LogP contribution in [-0.4, -0.2) is 66.0 Å². The minimum Gasteiger partial charge on any atom is -0.372 e. The Kier molecular flexibility index (Phi) is 5.27. The zero-order chi connectivity index (χ0) is 16.2. The number of carbonyl (C=O) groups is 2. The van der Waals surface area contributed by atoms with Gasteiger partial charge in [0, 0.05) is 56.2 Å². The predicted octanol–water partition coefficient (Wildman–Crippen LogP) is 1.34. The van der Waals surface area contributed by atoms with Gasteiger partial charge in [-0.05, 0) is 19.8 Å². The summed E-state index contributed by atoms with van der Waals surface area (Å²) in [5.41, 5.74) is 0. The first-order valence-corrected chi connectivity index (χ1v) is 9.10. The molecule has 0 bridgehead atoms. The van der Waals surface area contributed by atoms with Crippen LogP contribution in [0.5, 0.6) is 0 Å². The first-order chi connectivity index (χ1) is 11.2. The summed E-state index contributed by atoms with van der Waals surface area (Å²) in [6, 6.07) is 0. The number of hydrogen-bond donors (Lipinski definition) is 0. The van der Waals surface area contributed by atoms with Crippen molar-refractivity contribution in [1.82, 2.24) is 14.8 Å². The summed E-state index contributed by atoms with van der Waals surface area (Å²) < 4.78 is 5.16. The fourth-order valence-electron chi connectivity index (χ4n) is 3.17. The van der Waals surface area contributed by atoms with Gasteiger partial charge in [0.2, 0.25) is 11.8 Å². The minimum atomic E-state index is 0.0329. The molecule has 1 aromatic rings. The molecule has 1 aromatic heterocycles. The van der Waals surface area contributed by atoms with E-state index >= 15 is 0 Å². The lowest BCUT2D eigenvalue weighted by molar-refractivity contribution is -0.145. The van der Waals surface area contributed by atoms with E-state index in [1.807, 2.05) is 28.3 Å². The summed E-state index contributed by atoms with van der Waals surface area (Å²) in [6.45, 7) is 5.47. The average Bonchev–Trinajstić information content (AvgIpc) is 3.05. The van der Waals surface area contributed by atoms with Gasteiger partial charge in [-0.3, -0.25) is 9.59 Å². The standard InChI is InChI=1S/C16H23N3O3S/c1-2-22-11-14(20)18-6-3-12(4-7-18)16(21)19-9-13(10-19)15-17-5-8-23-15/h5,8,12-13H,2-4,6-7,9-11H2,1H3. The molecule has 0 N–H and O–H groups in total. The monoisotopic (exact) mass is 337 g/mol. The largest absolute Gasteiger partial charge is 0.372 e. The number of hydrogen-bond acceptors (Lipinski definition) is 5. The van der Waals surface area contributed by atoms with E-state index in [0.29, 0.717) is 25.6 Å². The van der Waals surface area contributed by atoms with Crippen LogP contribution in [0.25, 0.3) is 0 Å². The van der Waals surface area contributed by atoms with E-state index in [1.54, 1.807) is 11.3 Å². The second kappa shape index (κ2) is 7.40. The van der Waals surface area contributed by atoms with Crippen LogP contribution in [0, 0.1) is 5.92 Å². The number of amides is 2. The second-order valence-corrected chi connectivity index (χ2v) is 7.03. The van der Waals surface area contributed by atoms with Crippen molar-refractivity contribution in [1.29, 1.82) is 0 Å². The van der Waals surface area contributed by atoms with Gasteiger partial charge in [0.15, 0.2) is 0 Å². The van der Waals surface area contributed by atoms with Crippen LogP contribution >= 0.6 is 11.3 Å². The summed E-state index contributed by atoms with van der Waals surface area (Å²) in [5.74, 6) is 0.746. The molecule has 6 nitrogen and oxygen atoms in total. The van der Waals surface area contributed by atoms with E-state index in [4.69, 9.17) is 4.74 Å². The van der Waals surface area contributed by atoms with Crippen LogP contribution in [0.15, 0.2) is 11.6 Å². The Hall–Kier alpha value is -1.47. The second-order valence-electron chi connectivity index (χ2n) is 6.10. The van der Waals surface area contributed by atoms with Crippen LogP contribution in [-0.2, 0) is 14.3 Å². The van der Waals surface area contributed by atoms with Crippen LogP contribution in [0.2, 0.25) is 0 Å². The normalized spacial score (nSPS) is 19.7. The maximum Gasteiger partial charge on any atom is 0.248 e. The number of thiazole rings is 1. The zero-order valence-corrected chi connectivity index (χ0v) is 14.3. The summed E-state index contributed by atoms with van der Waals surface area (Å²) in [6.07, 6.45) is 3.34. The molecular formula is C16H23N3O3S. The molecule has 0 saturated carbocycles. The molecule has 0 radical (unpaired) electrons. The Balaban J connectivity index is 1.42. The van der Waals surface area contributed by atoms with E-state index in [1.165, 1.54) is 0 Å². The Bertz CT molecular complexity index is 535. The highest BCUT2D eigenvalue weighted by atomic mass is 32.1. The smallest absolute Gasteiger partial charge is 0.248 e. The van der Waals surface area contributed by atoms with Gasteiger partial charge in [0.25, 0.3) is 0 Å². The first-order valence-electron chi connectivity index (χ1n) is 8.22. The highest BCUT2D eigenvalue weighted by molar-refractivity contribution is 7.09. The maximum absolute atomic E-state index is 12.5. The number of ether oxygens (including phenoxy) is 1. The number of nitrogens with zero attached hydrogens (tertiary/aromatic N) is 3. The molecule has 2 saturated heterocycles. The van der Waals surface area contributed by atoms with Gasteiger partial charge in [-0.15, -0.1) is 11.3 Å². The molecule has 7 heteroatoms. The van der Waals surface area contributed by atoms with E-state index in [9.17, 15) is 9.59 Å². The quantitative estimate of drug-likeness (QED) is 0.813. The predicted molar refractivity (Wildman–Crippen MR) is 87.2 cm³/mol. The maximum atomic E-state index is 12.5. The Labute approximate surface area is 140 Å². The molecular weight excluding hydrogens is 314 g/mol. The lowest BCUT2D eigenvalue weighted by Crippen LogP contribution is -2.52. The van der Waals surface area contributed by atoms with Crippen LogP contribution in [0.4, 0.5) is 0 Å². The van der Waals surface area contributed by atoms with E-state index < -0.39 is 0 Å². The number of carbonyl (C=O) groups excluding carboxylic acids is 2. The third-order valence-electron chi connectivity index (χ3n) is 4.62. The van der Waals surface area contributed by atoms with Gasteiger partial charge < -0.3 is 14.5 Å². The number of rotatable bonds is 5. The number of likely N-dealkylation sites (tertiary alicyclic amines) is 2. The van der Waals surface area contributed by atoms with Crippen molar-refractivity contribution in [3.05, 3.63) is 16.6 Å². The molecule has 2 fully saturated rings. The molecule has 0 unspecified atom stereocenters. The van der Waals surface area contributed by atoms with Gasteiger partial charge in [-0.25, -0.2) is 4.98 Å². The SMILES string of the molecule is CCOCC(=O)N1CCC(C(=O)N2CC(c3nccs3)C2)CC1. The van der Waals surface area contributed by atoms with Crippen molar-refractivity contribution in [3.63, 3.8) is 0 Å². The lowest BCUT2D eigenvalue weighted by atomic mass is 9.91. The molecule has 23 heavy (non-hydrogen) atoms. The zero-order valence-electron chi connectivity index (χ0n) is 13.4. The highest BCUT2D eigenvalue weighted by Crippen LogP contribution is 2.31. The van der Waals surface area contributed by atoms with Crippen LogP contribution < -0.4 is 0 Å². The number of aromatic nitrogens is 1. The molecule has 0 aromatic carbocycles. The molecule has 126 valence electrons. The average molecular weight is 337 g/mol. The van der Waals surface area contributed by atoms with Crippen LogP contribution in [0.3, 0.4) is 0 Å². The fraction of sp³-hybridized carbons (Fsp3) is 0.688. The van der Waals surface area contributed by atoms with Gasteiger partial charge in [-0.1, -0.05) is 0 Å². The molecule has 2 aliphatic heterocycles. The summed E-state index contributed by atoms with van der Waals surface area (Å²) in [4.78, 5) is 32.5. The van der Waals surface area contributed by atoms with E-state index in [2.05, 4.69) is 4.98 Å². The Morgan fingerprint density at radius 2 is 2.04 bits per heavy atom. The summed E-state index contributed by atoms with van der Waals surface area (Å²) in [7, 11) is 0. The van der Waals surface area contributed by atoms with Crippen molar-refractivity contribution in [2.45, 2.75) is 25.7 Å². The van der Waals surface area contributed by atoms with Crippen LogP contribution in [0.1, 0.15) is 30.7 Å². The molecule has 0 spiro atoms. The van der Waals surface area contributed by atoms with E-state index in [-0.39, 0.29) is 24.3 Å². The minimum absolute atomic E-state index is 0.0329. The Morgan fingerprint density at radius 3 is 2.65 bits per heavy atom. The third kappa shape index (κ3) is 3.72. The highest BCUT2D eigenvalue weighted by Gasteiger charge is 2.37. The lowest BCUT2D eigenvalue weighted by Gasteiger charge is -2.41. The molecule has 2 aliphatic rings.